The molecule has 0 aromatic heterocycles. The number of hydrogen-bond donors (Lipinski definition) is 0. The van der Waals surface area contributed by atoms with E-state index in [9.17, 15) is 0 Å². The SMILES string of the molecule is CCCCN(c1ccc(C#N)cc1Br)C1CC1. The summed E-state index contributed by atoms with van der Waals surface area (Å²) in [5.74, 6) is 0. The molecule has 0 unspecified atom stereocenters. The number of hydrogen-bond acceptors (Lipinski definition) is 2. The first kappa shape index (κ1) is 12.4. The molecule has 0 heterocycles. The lowest BCUT2D eigenvalue weighted by molar-refractivity contribution is 0.712. The molecule has 90 valence electrons. The molecular formula is C14H17BrN2. The van der Waals surface area contributed by atoms with Gasteiger partial charge in [0, 0.05) is 17.1 Å². The number of unbranched alkanes of at least 4 members (excludes halogenated alkanes) is 1. The van der Waals surface area contributed by atoms with Gasteiger partial charge in [-0.3, -0.25) is 0 Å². The summed E-state index contributed by atoms with van der Waals surface area (Å²) < 4.78 is 1.04. The zero-order valence-electron chi connectivity index (χ0n) is 10.1. The van der Waals surface area contributed by atoms with Crippen LogP contribution in [0.5, 0.6) is 0 Å². The van der Waals surface area contributed by atoms with Gasteiger partial charge in [-0.05, 0) is 53.4 Å². The number of nitriles is 1. The van der Waals surface area contributed by atoms with Crippen LogP contribution in [0.4, 0.5) is 5.69 Å². The molecule has 1 fully saturated rings. The Morgan fingerprint density at radius 3 is 2.76 bits per heavy atom. The first-order valence-corrected chi connectivity index (χ1v) is 7.02. The molecule has 0 spiro atoms. The smallest absolute Gasteiger partial charge is 0.0992 e. The normalized spacial score (nSPS) is 14.4. The summed E-state index contributed by atoms with van der Waals surface area (Å²) in [6.07, 6.45) is 5.05. The highest BCUT2D eigenvalue weighted by atomic mass is 79.9. The van der Waals surface area contributed by atoms with Crippen molar-refractivity contribution in [1.82, 2.24) is 0 Å². The highest BCUT2D eigenvalue weighted by molar-refractivity contribution is 9.10. The zero-order valence-corrected chi connectivity index (χ0v) is 11.7. The Morgan fingerprint density at radius 2 is 2.24 bits per heavy atom. The van der Waals surface area contributed by atoms with Crippen molar-refractivity contribution in [2.24, 2.45) is 0 Å². The number of halogens is 1. The number of anilines is 1. The van der Waals surface area contributed by atoms with E-state index in [1.165, 1.54) is 31.4 Å². The van der Waals surface area contributed by atoms with Crippen molar-refractivity contribution in [2.75, 3.05) is 11.4 Å². The molecule has 3 heteroatoms. The maximum absolute atomic E-state index is 8.87. The molecule has 1 aliphatic rings. The van der Waals surface area contributed by atoms with Crippen molar-refractivity contribution in [3.05, 3.63) is 28.2 Å². The van der Waals surface area contributed by atoms with E-state index in [4.69, 9.17) is 5.26 Å². The third kappa shape index (κ3) is 3.01. The third-order valence-electron chi connectivity index (χ3n) is 3.13. The lowest BCUT2D eigenvalue weighted by Crippen LogP contribution is -2.27. The van der Waals surface area contributed by atoms with Crippen LogP contribution < -0.4 is 4.90 Å². The van der Waals surface area contributed by atoms with Crippen LogP contribution in [0.1, 0.15) is 38.2 Å². The maximum Gasteiger partial charge on any atom is 0.0992 e. The second-order valence-corrected chi connectivity index (χ2v) is 5.41. The van der Waals surface area contributed by atoms with E-state index in [0.717, 1.165) is 11.0 Å². The fraction of sp³-hybridized carbons (Fsp3) is 0.500. The molecular weight excluding hydrogens is 276 g/mol. The van der Waals surface area contributed by atoms with Crippen LogP contribution in [0.15, 0.2) is 22.7 Å². The Balaban J connectivity index is 2.20. The Labute approximate surface area is 111 Å². The minimum absolute atomic E-state index is 0.714. The van der Waals surface area contributed by atoms with E-state index < -0.39 is 0 Å². The minimum atomic E-state index is 0.714. The molecule has 1 aromatic carbocycles. The average molecular weight is 293 g/mol. The second kappa shape index (κ2) is 5.55. The third-order valence-corrected chi connectivity index (χ3v) is 3.76. The molecule has 0 N–H and O–H groups in total. The van der Waals surface area contributed by atoms with Crippen molar-refractivity contribution in [3.8, 4) is 6.07 Å². The number of nitrogens with zero attached hydrogens (tertiary/aromatic N) is 2. The van der Waals surface area contributed by atoms with Gasteiger partial charge < -0.3 is 4.90 Å². The Bertz CT molecular complexity index is 432. The molecule has 0 atom stereocenters. The summed E-state index contributed by atoms with van der Waals surface area (Å²) in [5.41, 5.74) is 1.95. The summed E-state index contributed by atoms with van der Waals surface area (Å²) in [4.78, 5) is 2.48. The first-order chi connectivity index (χ1) is 8.26. The second-order valence-electron chi connectivity index (χ2n) is 4.56. The van der Waals surface area contributed by atoms with Gasteiger partial charge in [0.15, 0.2) is 0 Å². The predicted molar refractivity (Wildman–Crippen MR) is 74.1 cm³/mol. The van der Waals surface area contributed by atoms with Gasteiger partial charge in [0.1, 0.15) is 0 Å². The molecule has 0 amide bonds. The quantitative estimate of drug-likeness (QED) is 0.817. The van der Waals surface area contributed by atoms with Crippen molar-refractivity contribution >= 4 is 21.6 Å². The van der Waals surface area contributed by atoms with E-state index in [2.05, 4.69) is 39.9 Å². The molecule has 17 heavy (non-hydrogen) atoms. The van der Waals surface area contributed by atoms with E-state index >= 15 is 0 Å². The Morgan fingerprint density at radius 1 is 1.47 bits per heavy atom. The Hall–Kier alpha value is -1.01. The van der Waals surface area contributed by atoms with Crippen molar-refractivity contribution in [3.63, 3.8) is 0 Å². The van der Waals surface area contributed by atoms with Gasteiger partial charge >= 0.3 is 0 Å². The van der Waals surface area contributed by atoms with Crippen LogP contribution in [0.2, 0.25) is 0 Å². The average Bonchev–Trinajstić information content (AvgIpc) is 3.15. The van der Waals surface area contributed by atoms with Crippen LogP contribution >= 0.6 is 15.9 Å². The van der Waals surface area contributed by atoms with Crippen molar-refractivity contribution < 1.29 is 0 Å². The Kier molecular flexibility index (Phi) is 4.06. The summed E-state index contributed by atoms with van der Waals surface area (Å²) >= 11 is 3.58. The number of rotatable bonds is 5. The fourth-order valence-electron chi connectivity index (χ4n) is 2.02. The number of benzene rings is 1. The van der Waals surface area contributed by atoms with Gasteiger partial charge in [0.05, 0.1) is 17.3 Å². The first-order valence-electron chi connectivity index (χ1n) is 6.22. The van der Waals surface area contributed by atoms with Crippen LogP contribution in [-0.4, -0.2) is 12.6 Å². The fourth-order valence-corrected chi connectivity index (χ4v) is 2.63. The largest absolute Gasteiger partial charge is 0.368 e. The lowest BCUT2D eigenvalue weighted by atomic mass is 10.2. The van der Waals surface area contributed by atoms with Crippen LogP contribution in [0, 0.1) is 11.3 Å². The van der Waals surface area contributed by atoms with Gasteiger partial charge in [0.2, 0.25) is 0 Å². The molecule has 0 aliphatic heterocycles. The molecule has 0 bridgehead atoms. The highest BCUT2D eigenvalue weighted by Crippen LogP contribution is 2.36. The van der Waals surface area contributed by atoms with E-state index in [-0.39, 0.29) is 0 Å². The summed E-state index contributed by atoms with van der Waals surface area (Å²) in [5, 5.41) is 8.87. The summed E-state index contributed by atoms with van der Waals surface area (Å²) in [6, 6.07) is 8.77. The van der Waals surface area contributed by atoms with Crippen molar-refractivity contribution in [2.45, 2.75) is 38.6 Å². The molecule has 1 aliphatic carbocycles. The van der Waals surface area contributed by atoms with Crippen LogP contribution in [0.25, 0.3) is 0 Å². The van der Waals surface area contributed by atoms with Crippen molar-refractivity contribution in [1.29, 1.82) is 5.26 Å². The van der Waals surface area contributed by atoms with Gasteiger partial charge in [-0.25, -0.2) is 0 Å². The predicted octanol–water partition coefficient (Wildman–Crippen LogP) is 4.09. The molecule has 0 radical (unpaired) electrons. The molecule has 2 nitrogen and oxygen atoms in total. The topological polar surface area (TPSA) is 27.0 Å². The van der Waals surface area contributed by atoms with Gasteiger partial charge in [-0.1, -0.05) is 13.3 Å². The maximum atomic E-state index is 8.87. The van der Waals surface area contributed by atoms with E-state index in [0.29, 0.717) is 11.6 Å². The van der Waals surface area contributed by atoms with Crippen LogP contribution in [0.3, 0.4) is 0 Å². The summed E-state index contributed by atoms with van der Waals surface area (Å²) in [7, 11) is 0. The highest BCUT2D eigenvalue weighted by Gasteiger charge is 2.29. The molecule has 1 saturated carbocycles. The molecule has 0 saturated heterocycles. The van der Waals surface area contributed by atoms with E-state index in [1.54, 1.807) is 0 Å². The molecule has 2 rings (SSSR count). The van der Waals surface area contributed by atoms with E-state index in [1.807, 2.05) is 12.1 Å². The van der Waals surface area contributed by atoms with Gasteiger partial charge in [-0.15, -0.1) is 0 Å². The standard InChI is InChI=1S/C14H17BrN2/c1-2-3-8-17(12-5-6-12)14-7-4-11(10-16)9-13(14)15/h4,7,9,12H,2-3,5-6,8H2,1H3. The summed E-state index contributed by atoms with van der Waals surface area (Å²) in [6.45, 7) is 3.34. The molecule has 1 aromatic rings. The van der Waals surface area contributed by atoms with Gasteiger partial charge in [-0.2, -0.15) is 5.26 Å². The lowest BCUT2D eigenvalue weighted by Gasteiger charge is -2.25. The van der Waals surface area contributed by atoms with Gasteiger partial charge in [0.25, 0.3) is 0 Å². The monoisotopic (exact) mass is 292 g/mol. The zero-order chi connectivity index (χ0) is 12.3. The van der Waals surface area contributed by atoms with Crippen LogP contribution in [-0.2, 0) is 0 Å². The minimum Gasteiger partial charge on any atom is -0.368 e.